The third-order valence-electron chi connectivity index (χ3n) is 3.92. The lowest BCUT2D eigenvalue weighted by Gasteiger charge is -2.34. The topological polar surface area (TPSA) is 79.3 Å². The minimum atomic E-state index is -3.56. The summed E-state index contributed by atoms with van der Waals surface area (Å²) in [5.41, 5.74) is 0.909. The summed E-state index contributed by atoms with van der Waals surface area (Å²) < 4.78 is 27.2. The van der Waals surface area contributed by atoms with E-state index in [2.05, 4.69) is 23.6 Å². The molecule has 0 atom stereocenters. The number of nitrogens with zero attached hydrogens (tertiary/aromatic N) is 1. The van der Waals surface area contributed by atoms with Gasteiger partial charge >= 0.3 is 0 Å². The lowest BCUT2D eigenvalue weighted by atomic mass is 9.76. The van der Waals surface area contributed by atoms with Gasteiger partial charge in [0.2, 0.25) is 0 Å². The lowest BCUT2D eigenvalue weighted by molar-refractivity contribution is 0.218. The number of nitrogens with one attached hydrogen (secondary N) is 1. The monoisotopic (exact) mass is 298 g/mol. The van der Waals surface area contributed by atoms with Crippen LogP contribution in [0.3, 0.4) is 0 Å². The maximum atomic E-state index is 12.2. The summed E-state index contributed by atoms with van der Waals surface area (Å²) in [6.07, 6.45) is 5.16. The van der Waals surface area contributed by atoms with Crippen LogP contribution in [0, 0.1) is 5.41 Å². The fourth-order valence-electron chi connectivity index (χ4n) is 2.46. The van der Waals surface area contributed by atoms with E-state index in [1.807, 2.05) is 0 Å². The van der Waals surface area contributed by atoms with E-state index in [4.69, 9.17) is 5.11 Å². The van der Waals surface area contributed by atoms with E-state index in [0.717, 1.165) is 25.7 Å². The zero-order valence-corrected chi connectivity index (χ0v) is 12.8. The number of aromatic nitrogens is 1. The Balaban J connectivity index is 2.04. The Kier molecular flexibility index (Phi) is 4.46. The lowest BCUT2D eigenvalue weighted by Crippen LogP contribution is -2.39. The van der Waals surface area contributed by atoms with Crippen molar-refractivity contribution < 1.29 is 13.5 Å². The van der Waals surface area contributed by atoms with Crippen molar-refractivity contribution in [1.29, 1.82) is 0 Å². The molecule has 5 nitrogen and oxygen atoms in total. The van der Waals surface area contributed by atoms with Gasteiger partial charge in [0.15, 0.2) is 5.03 Å². The molecule has 0 bridgehead atoms. The van der Waals surface area contributed by atoms with Crippen molar-refractivity contribution in [2.24, 2.45) is 5.41 Å². The van der Waals surface area contributed by atoms with Gasteiger partial charge in [-0.2, -0.15) is 0 Å². The molecule has 20 heavy (non-hydrogen) atoms. The highest BCUT2D eigenvalue weighted by molar-refractivity contribution is 7.89. The van der Waals surface area contributed by atoms with Gasteiger partial charge in [0.1, 0.15) is 0 Å². The first-order valence-corrected chi connectivity index (χ1v) is 8.39. The van der Waals surface area contributed by atoms with Crippen LogP contribution in [0.4, 0.5) is 0 Å². The Morgan fingerprint density at radius 3 is 2.50 bits per heavy atom. The molecule has 1 aliphatic rings. The van der Waals surface area contributed by atoms with Gasteiger partial charge in [0.05, 0.1) is 6.61 Å². The van der Waals surface area contributed by atoms with Gasteiger partial charge in [0.25, 0.3) is 10.0 Å². The van der Waals surface area contributed by atoms with Crippen LogP contribution < -0.4 is 4.72 Å². The van der Waals surface area contributed by atoms with Gasteiger partial charge in [-0.25, -0.2) is 18.1 Å². The van der Waals surface area contributed by atoms with Crippen molar-refractivity contribution in [3.63, 3.8) is 0 Å². The Hall–Kier alpha value is -0.980. The van der Waals surface area contributed by atoms with Crippen molar-refractivity contribution in [2.45, 2.75) is 57.2 Å². The van der Waals surface area contributed by atoms with Gasteiger partial charge in [-0.15, -0.1) is 0 Å². The highest BCUT2D eigenvalue weighted by atomic mass is 32.2. The zero-order valence-electron chi connectivity index (χ0n) is 12.0. The molecule has 0 amide bonds. The van der Waals surface area contributed by atoms with Crippen LogP contribution in [0.2, 0.25) is 0 Å². The second kappa shape index (κ2) is 5.79. The minimum absolute atomic E-state index is 0.00709. The molecule has 0 spiro atoms. The summed E-state index contributed by atoms with van der Waals surface area (Å²) in [6, 6.07) is 3.00. The third-order valence-corrected chi connectivity index (χ3v) is 5.35. The van der Waals surface area contributed by atoms with E-state index in [9.17, 15) is 8.42 Å². The molecular formula is C14H22N2O3S. The van der Waals surface area contributed by atoms with E-state index in [0.29, 0.717) is 11.0 Å². The summed E-state index contributed by atoms with van der Waals surface area (Å²) in [7, 11) is -3.56. The molecule has 0 aromatic carbocycles. The number of aliphatic hydroxyl groups is 1. The van der Waals surface area contributed by atoms with Crippen LogP contribution in [-0.2, 0) is 16.6 Å². The van der Waals surface area contributed by atoms with Crippen molar-refractivity contribution in [3.05, 3.63) is 23.9 Å². The van der Waals surface area contributed by atoms with Crippen LogP contribution in [0.25, 0.3) is 0 Å². The van der Waals surface area contributed by atoms with Gasteiger partial charge < -0.3 is 5.11 Å². The molecule has 0 unspecified atom stereocenters. The first-order valence-electron chi connectivity index (χ1n) is 6.90. The van der Waals surface area contributed by atoms with Crippen LogP contribution in [0.15, 0.2) is 23.4 Å². The molecule has 1 aromatic heterocycles. The fraction of sp³-hybridized carbons (Fsp3) is 0.643. The molecule has 1 saturated carbocycles. The minimum Gasteiger partial charge on any atom is -0.392 e. The fourth-order valence-corrected chi connectivity index (χ4v) is 3.69. The number of pyridine rings is 1. The molecule has 1 aliphatic carbocycles. The molecule has 112 valence electrons. The maximum absolute atomic E-state index is 12.2. The number of hydrogen-bond donors (Lipinski definition) is 2. The van der Waals surface area contributed by atoms with E-state index in [-0.39, 0.29) is 17.7 Å². The predicted molar refractivity (Wildman–Crippen MR) is 76.5 cm³/mol. The molecule has 1 heterocycles. The molecule has 1 aromatic rings. The van der Waals surface area contributed by atoms with Gasteiger partial charge in [-0.05, 0) is 42.7 Å². The summed E-state index contributed by atoms with van der Waals surface area (Å²) in [5, 5.41) is 8.95. The van der Waals surface area contributed by atoms with Crippen molar-refractivity contribution in [3.8, 4) is 0 Å². The SMILES string of the molecule is CC1(C)CCC(NS(=O)(=O)c2ccc(CO)cn2)CC1. The Morgan fingerprint density at radius 1 is 1.35 bits per heavy atom. The number of aliphatic hydroxyl groups excluding tert-OH is 1. The van der Waals surface area contributed by atoms with Crippen LogP contribution in [-0.4, -0.2) is 24.6 Å². The van der Waals surface area contributed by atoms with Gasteiger partial charge in [0, 0.05) is 12.2 Å². The number of hydrogen-bond acceptors (Lipinski definition) is 4. The number of rotatable bonds is 4. The highest BCUT2D eigenvalue weighted by Gasteiger charge is 2.29. The molecule has 0 aliphatic heterocycles. The average molecular weight is 298 g/mol. The van der Waals surface area contributed by atoms with Crippen LogP contribution in [0.5, 0.6) is 0 Å². The molecular weight excluding hydrogens is 276 g/mol. The van der Waals surface area contributed by atoms with Crippen molar-refractivity contribution >= 4 is 10.0 Å². The largest absolute Gasteiger partial charge is 0.392 e. The van der Waals surface area contributed by atoms with E-state index in [1.165, 1.54) is 12.3 Å². The van der Waals surface area contributed by atoms with Crippen LogP contribution in [0.1, 0.15) is 45.1 Å². The van der Waals surface area contributed by atoms with Crippen molar-refractivity contribution in [2.75, 3.05) is 0 Å². The Bertz CT molecular complexity index is 542. The summed E-state index contributed by atoms with van der Waals surface area (Å²) >= 11 is 0. The molecule has 2 rings (SSSR count). The summed E-state index contributed by atoms with van der Waals surface area (Å²) in [4.78, 5) is 3.90. The van der Waals surface area contributed by atoms with Gasteiger partial charge in [-0.1, -0.05) is 19.9 Å². The molecule has 0 saturated heterocycles. The average Bonchev–Trinajstić information content (AvgIpc) is 2.41. The normalized spacial score (nSPS) is 19.9. The molecule has 1 fully saturated rings. The maximum Gasteiger partial charge on any atom is 0.258 e. The van der Waals surface area contributed by atoms with E-state index >= 15 is 0 Å². The Morgan fingerprint density at radius 2 is 2.00 bits per heavy atom. The van der Waals surface area contributed by atoms with E-state index in [1.54, 1.807) is 6.07 Å². The molecule has 2 N–H and O–H groups in total. The standard InChI is InChI=1S/C14H22N2O3S/c1-14(2)7-5-12(6-8-14)16-20(18,19)13-4-3-11(10-17)9-15-13/h3-4,9,12,16-17H,5-8,10H2,1-2H3. The predicted octanol–water partition coefficient (Wildman–Crippen LogP) is 1.82. The third kappa shape index (κ3) is 3.77. The van der Waals surface area contributed by atoms with E-state index < -0.39 is 10.0 Å². The second-order valence-electron chi connectivity index (χ2n) is 6.22. The van der Waals surface area contributed by atoms with Crippen LogP contribution >= 0.6 is 0 Å². The summed E-state index contributed by atoms with van der Waals surface area (Å²) in [5.74, 6) is 0. The van der Waals surface area contributed by atoms with Crippen molar-refractivity contribution in [1.82, 2.24) is 9.71 Å². The first-order chi connectivity index (χ1) is 9.32. The first kappa shape index (κ1) is 15.4. The summed E-state index contributed by atoms with van der Waals surface area (Å²) in [6.45, 7) is 4.29. The van der Waals surface area contributed by atoms with Gasteiger partial charge in [-0.3, -0.25) is 0 Å². The quantitative estimate of drug-likeness (QED) is 0.888. The number of sulfonamides is 1. The Labute approximate surface area is 120 Å². The molecule has 0 radical (unpaired) electrons. The zero-order chi connectivity index (χ0) is 14.8. The highest BCUT2D eigenvalue weighted by Crippen LogP contribution is 2.35. The molecule has 6 heteroatoms. The second-order valence-corrected chi connectivity index (χ2v) is 7.88. The smallest absolute Gasteiger partial charge is 0.258 e.